The van der Waals surface area contributed by atoms with E-state index in [4.69, 9.17) is 0 Å². The van der Waals surface area contributed by atoms with Gasteiger partial charge in [-0.1, -0.05) is 88.0 Å². The van der Waals surface area contributed by atoms with Gasteiger partial charge in [0, 0.05) is 17.8 Å². The number of benzene rings is 2. The highest BCUT2D eigenvalue weighted by Crippen LogP contribution is 2.28. The largest absolute Gasteiger partial charge is 0.325 e. The Morgan fingerprint density at radius 2 is 1.84 bits per heavy atom. The lowest BCUT2D eigenvalue weighted by Crippen LogP contribution is -2.15. The van der Waals surface area contributed by atoms with E-state index < -0.39 is 0 Å². The molecule has 0 saturated heterocycles. The van der Waals surface area contributed by atoms with Crippen LogP contribution in [0.2, 0.25) is 0 Å². The van der Waals surface area contributed by atoms with Crippen LogP contribution in [0.3, 0.4) is 0 Å². The van der Waals surface area contributed by atoms with Crippen molar-refractivity contribution in [1.29, 1.82) is 0 Å². The highest BCUT2D eigenvalue weighted by molar-refractivity contribution is 7.99. The number of carbonyl (C=O) groups excluding carboxylic acids is 1. The van der Waals surface area contributed by atoms with E-state index in [1.165, 1.54) is 17.3 Å². The van der Waals surface area contributed by atoms with Gasteiger partial charge in [-0.2, -0.15) is 0 Å². The SMILES string of the molecule is C=CCn1c(SCC(=O)Nc2ccccc2CC)nnc1-c1ccc(C(C)(C)C)cc1. The third-order valence-corrected chi connectivity index (χ3v) is 6.01. The van der Waals surface area contributed by atoms with Crippen molar-refractivity contribution in [1.82, 2.24) is 14.8 Å². The molecule has 3 aromatic rings. The second-order valence-corrected chi connectivity index (χ2v) is 9.32. The summed E-state index contributed by atoms with van der Waals surface area (Å²) in [5.41, 5.74) is 4.34. The minimum absolute atomic E-state index is 0.0601. The first-order valence-electron chi connectivity index (χ1n) is 10.5. The smallest absolute Gasteiger partial charge is 0.234 e. The first-order chi connectivity index (χ1) is 14.8. The maximum absolute atomic E-state index is 12.5. The van der Waals surface area contributed by atoms with E-state index in [1.54, 1.807) is 0 Å². The molecule has 162 valence electrons. The fourth-order valence-corrected chi connectivity index (χ4v) is 4.04. The van der Waals surface area contributed by atoms with Crippen LogP contribution in [0.1, 0.15) is 38.8 Å². The van der Waals surface area contributed by atoms with Crippen LogP contribution < -0.4 is 5.32 Å². The molecule has 0 atom stereocenters. The molecule has 0 spiro atoms. The molecule has 2 aromatic carbocycles. The first kappa shape index (κ1) is 22.8. The van der Waals surface area contributed by atoms with Gasteiger partial charge in [-0.05, 0) is 29.0 Å². The molecule has 1 heterocycles. The fraction of sp³-hybridized carbons (Fsp3) is 0.320. The molecule has 0 saturated carbocycles. The third-order valence-electron chi connectivity index (χ3n) is 5.04. The van der Waals surface area contributed by atoms with Crippen molar-refractivity contribution in [2.24, 2.45) is 0 Å². The predicted octanol–water partition coefficient (Wildman–Crippen LogP) is 5.72. The number of para-hydroxylation sites is 1. The Hall–Kier alpha value is -2.86. The molecular weight excluding hydrogens is 404 g/mol. The predicted molar refractivity (Wildman–Crippen MR) is 130 cm³/mol. The molecule has 0 aliphatic carbocycles. The van der Waals surface area contributed by atoms with Crippen LogP contribution >= 0.6 is 11.8 Å². The molecule has 0 bridgehead atoms. The first-order valence-corrected chi connectivity index (χ1v) is 11.5. The Morgan fingerprint density at radius 1 is 1.13 bits per heavy atom. The molecule has 0 unspecified atom stereocenters. The molecule has 3 rings (SSSR count). The van der Waals surface area contributed by atoms with Gasteiger partial charge in [-0.25, -0.2) is 0 Å². The zero-order valence-electron chi connectivity index (χ0n) is 18.7. The normalized spacial score (nSPS) is 11.4. The number of thioether (sulfide) groups is 1. The van der Waals surface area contributed by atoms with E-state index >= 15 is 0 Å². The zero-order chi connectivity index (χ0) is 22.4. The number of rotatable bonds is 8. The summed E-state index contributed by atoms with van der Waals surface area (Å²) in [6.45, 7) is 13.1. The van der Waals surface area contributed by atoms with E-state index in [-0.39, 0.29) is 17.1 Å². The number of hydrogen-bond donors (Lipinski definition) is 1. The molecule has 5 nitrogen and oxygen atoms in total. The van der Waals surface area contributed by atoms with Crippen molar-refractivity contribution in [2.75, 3.05) is 11.1 Å². The van der Waals surface area contributed by atoms with Gasteiger partial charge in [-0.3, -0.25) is 9.36 Å². The lowest BCUT2D eigenvalue weighted by molar-refractivity contribution is -0.113. The van der Waals surface area contributed by atoms with Gasteiger partial charge in [0.05, 0.1) is 5.75 Å². The number of hydrogen-bond acceptors (Lipinski definition) is 4. The molecule has 6 heteroatoms. The Balaban J connectivity index is 1.74. The van der Waals surface area contributed by atoms with E-state index in [2.05, 4.69) is 74.1 Å². The zero-order valence-corrected chi connectivity index (χ0v) is 19.5. The molecule has 31 heavy (non-hydrogen) atoms. The van der Waals surface area contributed by atoms with Crippen molar-refractivity contribution in [3.05, 3.63) is 72.3 Å². The molecular formula is C25H30N4OS. The molecule has 0 radical (unpaired) electrons. The topological polar surface area (TPSA) is 59.8 Å². The highest BCUT2D eigenvalue weighted by atomic mass is 32.2. The number of aromatic nitrogens is 3. The van der Waals surface area contributed by atoms with Crippen molar-refractivity contribution in [3.8, 4) is 11.4 Å². The number of aryl methyl sites for hydroxylation is 1. The van der Waals surface area contributed by atoms with Crippen LogP contribution in [-0.2, 0) is 23.2 Å². The molecule has 0 aliphatic rings. The summed E-state index contributed by atoms with van der Waals surface area (Å²) in [6.07, 6.45) is 2.69. The monoisotopic (exact) mass is 434 g/mol. The fourth-order valence-electron chi connectivity index (χ4n) is 3.29. The van der Waals surface area contributed by atoms with Gasteiger partial charge < -0.3 is 5.32 Å². The minimum Gasteiger partial charge on any atom is -0.325 e. The van der Waals surface area contributed by atoms with Gasteiger partial charge >= 0.3 is 0 Å². The summed E-state index contributed by atoms with van der Waals surface area (Å²) in [6, 6.07) is 16.3. The standard InChI is InChI=1S/C25H30N4OS/c1-6-16-29-23(19-12-14-20(15-13-19)25(3,4)5)27-28-24(29)31-17-22(30)26-21-11-9-8-10-18(21)7-2/h6,8-15H,1,7,16-17H2,2-5H3,(H,26,30). The molecule has 0 fully saturated rings. The minimum atomic E-state index is -0.0601. The number of allylic oxidation sites excluding steroid dienone is 1. The highest BCUT2D eigenvalue weighted by Gasteiger charge is 2.17. The van der Waals surface area contributed by atoms with Crippen LogP contribution in [0.25, 0.3) is 11.4 Å². The Morgan fingerprint density at radius 3 is 2.48 bits per heavy atom. The summed E-state index contributed by atoms with van der Waals surface area (Å²) in [7, 11) is 0. The molecule has 1 aromatic heterocycles. The van der Waals surface area contributed by atoms with Crippen molar-refractivity contribution < 1.29 is 4.79 Å². The van der Waals surface area contributed by atoms with Crippen molar-refractivity contribution in [3.63, 3.8) is 0 Å². The van der Waals surface area contributed by atoms with Gasteiger partial charge in [0.2, 0.25) is 5.91 Å². The van der Waals surface area contributed by atoms with Crippen LogP contribution in [0, 0.1) is 0 Å². The number of carbonyl (C=O) groups is 1. The number of amides is 1. The lowest BCUT2D eigenvalue weighted by Gasteiger charge is -2.19. The van der Waals surface area contributed by atoms with E-state index in [1.807, 2.05) is 34.9 Å². The summed E-state index contributed by atoms with van der Waals surface area (Å²) >= 11 is 1.38. The van der Waals surface area contributed by atoms with Gasteiger partial charge in [-0.15, -0.1) is 16.8 Å². The second-order valence-electron chi connectivity index (χ2n) is 8.38. The number of nitrogens with one attached hydrogen (secondary N) is 1. The second kappa shape index (κ2) is 9.96. The van der Waals surface area contributed by atoms with Crippen molar-refractivity contribution in [2.45, 2.75) is 51.2 Å². The molecule has 1 N–H and O–H groups in total. The summed E-state index contributed by atoms with van der Waals surface area (Å²) in [5.74, 6) is 0.978. The number of anilines is 1. The number of nitrogens with zero attached hydrogens (tertiary/aromatic N) is 3. The van der Waals surface area contributed by atoms with Crippen molar-refractivity contribution >= 4 is 23.4 Å². The average Bonchev–Trinajstić information content (AvgIpc) is 3.15. The van der Waals surface area contributed by atoms with E-state index in [9.17, 15) is 4.79 Å². The molecule has 0 aliphatic heterocycles. The summed E-state index contributed by atoms with van der Waals surface area (Å²) in [4.78, 5) is 12.5. The Labute approximate surface area is 189 Å². The summed E-state index contributed by atoms with van der Waals surface area (Å²) < 4.78 is 2.00. The van der Waals surface area contributed by atoms with Gasteiger partial charge in [0.25, 0.3) is 0 Å². The van der Waals surface area contributed by atoms with Crippen LogP contribution in [-0.4, -0.2) is 26.4 Å². The van der Waals surface area contributed by atoms with E-state index in [0.29, 0.717) is 11.7 Å². The Bertz CT molecular complexity index is 1050. The maximum atomic E-state index is 12.5. The van der Waals surface area contributed by atoms with Crippen LogP contribution in [0.5, 0.6) is 0 Å². The quantitative estimate of drug-likeness (QED) is 0.364. The molecule has 1 amide bonds. The summed E-state index contributed by atoms with van der Waals surface area (Å²) in [5, 5.41) is 12.4. The van der Waals surface area contributed by atoms with Crippen LogP contribution in [0.15, 0.2) is 66.3 Å². The van der Waals surface area contributed by atoms with Crippen LogP contribution in [0.4, 0.5) is 5.69 Å². The lowest BCUT2D eigenvalue weighted by atomic mass is 9.87. The van der Waals surface area contributed by atoms with Gasteiger partial charge in [0.1, 0.15) is 0 Å². The average molecular weight is 435 g/mol. The maximum Gasteiger partial charge on any atom is 0.234 e. The Kier molecular flexibility index (Phi) is 7.33. The third kappa shape index (κ3) is 5.64. The van der Waals surface area contributed by atoms with Gasteiger partial charge in [0.15, 0.2) is 11.0 Å². The van der Waals surface area contributed by atoms with E-state index in [0.717, 1.165) is 29.1 Å².